The van der Waals surface area contributed by atoms with Crippen molar-refractivity contribution in [3.05, 3.63) is 64.5 Å². The van der Waals surface area contributed by atoms with Crippen molar-refractivity contribution in [3.63, 3.8) is 0 Å². The van der Waals surface area contributed by atoms with E-state index < -0.39 is 12.1 Å². The Hall–Kier alpha value is -3.71. The predicted octanol–water partition coefficient (Wildman–Crippen LogP) is 2.44. The zero-order valence-electron chi connectivity index (χ0n) is 15.4. The van der Waals surface area contributed by atoms with Crippen molar-refractivity contribution in [2.75, 3.05) is 5.73 Å². The number of carbonyl (C=O) groups is 1. The lowest BCUT2D eigenvalue weighted by Gasteiger charge is -2.24. The van der Waals surface area contributed by atoms with Gasteiger partial charge in [0, 0.05) is 18.9 Å². The van der Waals surface area contributed by atoms with E-state index in [-0.39, 0.29) is 30.7 Å². The third-order valence-corrected chi connectivity index (χ3v) is 4.27. The Balaban J connectivity index is 1.78. The van der Waals surface area contributed by atoms with E-state index in [0.29, 0.717) is 10.7 Å². The number of rotatable bonds is 6. The molecule has 0 saturated carbocycles. The Labute approximate surface area is 171 Å². The lowest BCUT2D eigenvalue weighted by molar-refractivity contribution is 0.183. The molecule has 148 valence electrons. The summed E-state index contributed by atoms with van der Waals surface area (Å²) >= 11 is 6.16. The summed E-state index contributed by atoms with van der Waals surface area (Å²) in [4.78, 5) is 22.6. The van der Waals surface area contributed by atoms with Gasteiger partial charge in [0.25, 0.3) is 0 Å². The molecule has 2 amide bonds. The number of anilines is 1. The van der Waals surface area contributed by atoms with Gasteiger partial charge in [-0.3, -0.25) is 4.98 Å². The standard InChI is InChI=1S/C18H17ClN8O2/c1-11(16-14(19)3-2-6-22-16)24-18(28)27(10-15-25-26-17(21)29-15)9-12-4-5-13(7-20)23-8-12/h2-6,8,11H,9-10H2,1H3,(H2,21,26)(H,24,28). The summed E-state index contributed by atoms with van der Waals surface area (Å²) in [6, 6.07) is 7.73. The van der Waals surface area contributed by atoms with Crippen LogP contribution >= 0.6 is 11.6 Å². The monoisotopic (exact) mass is 412 g/mol. The number of pyridine rings is 2. The van der Waals surface area contributed by atoms with E-state index in [1.807, 2.05) is 6.07 Å². The Bertz CT molecular complexity index is 1030. The van der Waals surface area contributed by atoms with E-state index in [4.69, 9.17) is 27.0 Å². The van der Waals surface area contributed by atoms with Crippen molar-refractivity contribution >= 4 is 23.6 Å². The number of hydrogen-bond acceptors (Lipinski definition) is 8. The molecule has 0 aromatic carbocycles. The molecule has 3 heterocycles. The highest BCUT2D eigenvalue weighted by atomic mass is 35.5. The van der Waals surface area contributed by atoms with Gasteiger partial charge < -0.3 is 20.4 Å². The van der Waals surface area contributed by atoms with Crippen LogP contribution in [0.1, 0.15) is 35.8 Å². The molecule has 29 heavy (non-hydrogen) atoms. The second-order valence-corrected chi connectivity index (χ2v) is 6.50. The molecule has 0 aliphatic carbocycles. The van der Waals surface area contributed by atoms with E-state index in [2.05, 4.69) is 25.5 Å². The number of nitrogens with one attached hydrogen (secondary N) is 1. The van der Waals surface area contributed by atoms with Crippen LogP contribution in [0.5, 0.6) is 0 Å². The van der Waals surface area contributed by atoms with Crippen molar-refractivity contribution in [1.82, 2.24) is 30.4 Å². The summed E-state index contributed by atoms with van der Waals surface area (Å²) in [6.07, 6.45) is 3.13. The second kappa shape index (κ2) is 8.99. The molecular weight excluding hydrogens is 396 g/mol. The molecule has 3 aromatic heterocycles. The Morgan fingerprint density at radius 1 is 1.34 bits per heavy atom. The van der Waals surface area contributed by atoms with Crippen molar-refractivity contribution in [2.24, 2.45) is 0 Å². The molecule has 3 N–H and O–H groups in total. The molecule has 0 aliphatic heterocycles. The van der Waals surface area contributed by atoms with E-state index >= 15 is 0 Å². The van der Waals surface area contributed by atoms with Gasteiger partial charge in [0.1, 0.15) is 18.3 Å². The minimum absolute atomic E-state index is 0.0265. The van der Waals surface area contributed by atoms with Crippen LogP contribution in [0, 0.1) is 11.3 Å². The number of urea groups is 1. The highest BCUT2D eigenvalue weighted by Gasteiger charge is 2.21. The molecule has 0 saturated heterocycles. The fraction of sp³-hybridized carbons (Fsp3) is 0.222. The average Bonchev–Trinajstić information content (AvgIpc) is 3.13. The maximum absolute atomic E-state index is 12.9. The molecule has 0 fully saturated rings. The van der Waals surface area contributed by atoms with Gasteiger partial charge in [-0.25, -0.2) is 9.78 Å². The van der Waals surface area contributed by atoms with Crippen LogP contribution in [0.15, 0.2) is 41.1 Å². The fourth-order valence-electron chi connectivity index (χ4n) is 2.56. The van der Waals surface area contributed by atoms with Gasteiger partial charge >= 0.3 is 12.0 Å². The third kappa shape index (κ3) is 5.18. The molecule has 0 bridgehead atoms. The second-order valence-electron chi connectivity index (χ2n) is 6.10. The number of hydrogen-bond donors (Lipinski definition) is 2. The fourth-order valence-corrected chi connectivity index (χ4v) is 2.84. The number of nitriles is 1. The molecule has 0 radical (unpaired) electrons. The quantitative estimate of drug-likeness (QED) is 0.627. The van der Waals surface area contributed by atoms with Crippen molar-refractivity contribution in [3.8, 4) is 6.07 Å². The zero-order valence-corrected chi connectivity index (χ0v) is 16.2. The lowest BCUT2D eigenvalue weighted by atomic mass is 10.2. The third-order valence-electron chi connectivity index (χ3n) is 3.95. The Morgan fingerprint density at radius 2 is 2.17 bits per heavy atom. The zero-order chi connectivity index (χ0) is 20.8. The molecule has 3 rings (SSSR count). The molecule has 0 spiro atoms. The number of carbonyl (C=O) groups excluding carboxylic acids is 1. The Morgan fingerprint density at radius 3 is 2.79 bits per heavy atom. The molecule has 10 nitrogen and oxygen atoms in total. The van der Waals surface area contributed by atoms with E-state index in [0.717, 1.165) is 5.56 Å². The number of aromatic nitrogens is 4. The predicted molar refractivity (Wildman–Crippen MR) is 103 cm³/mol. The van der Waals surface area contributed by atoms with E-state index in [1.165, 1.54) is 11.1 Å². The average molecular weight is 413 g/mol. The summed E-state index contributed by atoms with van der Waals surface area (Å²) < 4.78 is 5.19. The first-order valence-electron chi connectivity index (χ1n) is 8.55. The summed E-state index contributed by atoms with van der Waals surface area (Å²) in [7, 11) is 0. The summed E-state index contributed by atoms with van der Waals surface area (Å²) in [5, 5.41) is 19.6. The van der Waals surface area contributed by atoms with Crippen LogP contribution < -0.4 is 11.1 Å². The topological polar surface area (TPSA) is 147 Å². The summed E-state index contributed by atoms with van der Waals surface area (Å²) in [6.45, 7) is 1.99. The molecule has 1 unspecified atom stereocenters. The molecule has 11 heteroatoms. The van der Waals surface area contributed by atoms with Crippen LogP contribution in [-0.2, 0) is 13.1 Å². The number of nitrogens with two attached hydrogens (primary N) is 1. The Kier molecular flexibility index (Phi) is 6.21. The van der Waals surface area contributed by atoms with Crippen LogP contribution in [0.4, 0.5) is 10.8 Å². The number of halogens is 1. The van der Waals surface area contributed by atoms with E-state index in [1.54, 1.807) is 37.4 Å². The number of nitrogens with zero attached hydrogens (tertiary/aromatic N) is 6. The van der Waals surface area contributed by atoms with Gasteiger partial charge in [0.2, 0.25) is 5.89 Å². The number of nitrogen functional groups attached to an aromatic ring is 1. The lowest BCUT2D eigenvalue weighted by Crippen LogP contribution is -2.40. The normalized spacial score (nSPS) is 11.5. The largest absolute Gasteiger partial charge is 0.406 e. The minimum Gasteiger partial charge on any atom is -0.406 e. The molecule has 1 atom stereocenters. The van der Waals surface area contributed by atoms with E-state index in [9.17, 15) is 4.79 Å². The van der Waals surface area contributed by atoms with Crippen LogP contribution in [0.2, 0.25) is 5.02 Å². The first-order chi connectivity index (χ1) is 14.0. The van der Waals surface area contributed by atoms with Gasteiger partial charge in [0.05, 0.1) is 16.8 Å². The van der Waals surface area contributed by atoms with Gasteiger partial charge in [-0.1, -0.05) is 22.8 Å². The van der Waals surface area contributed by atoms with Crippen LogP contribution in [0.3, 0.4) is 0 Å². The smallest absolute Gasteiger partial charge is 0.318 e. The van der Waals surface area contributed by atoms with Crippen molar-refractivity contribution in [1.29, 1.82) is 5.26 Å². The SMILES string of the molecule is CC(NC(=O)N(Cc1ccc(C#N)nc1)Cc1nnc(N)o1)c1ncccc1Cl. The van der Waals surface area contributed by atoms with Crippen molar-refractivity contribution < 1.29 is 9.21 Å². The van der Waals surface area contributed by atoms with Gasteiger partial charge in [0.15, 0.2) is 0 Å². The maximum Gasteiger partial charge on any atom is 0.318 e. The van der Waals surface area contributed by atoms with Gasteiger partial charge in [-0.15, -0.1) is 5.10 Å². The highest BCUT2D eigenvalue weighted by Crippen LogP contribution is 2.20. The molecule has 0 aliphatic rings. The summed E-state index contributed by atoms with van der Waals surface area (Å²) in [5.41, 5.74) is 7.01. The first kappa shape index (κ1) is 20.0. The van der Waals surface area contributed by atoms with Gasteiger partial charge in [-0.2, -0.15) is 5.26 Å². The molecular formula is C18H17ClN8O2. The van der Waals surface area contributed by atoms with Gasteiger partial charge in [-0.05, 0) is 30.7 Å². The van der Waals surface area contributed by atoms with Crippen LogP contribution in [0.25, 0.3) is 0 Å². The number of amides is 2. The summed E-state index contributed by atoms with van der Waals surface area (Å²) in [5.74, 6) is 0.183. The highest BCUT2D eigenvalue weighted by molar-refractivity contribution is 6.31. The minimum atomic E-state index is -0.439. The van der Waals surface area contributed by atoms with Crippen molar-refractivity contribution in [2.45, 2.75) is 26.1 Å². The molecule has 3 aromatic rings. The maximum atomic E-state index is 12.9. The first-order valence-corrected chi connectivity index (χ1v) is 8.92. The van der Waals surface area contributed by atoms with Crippen LogP contribution in [-0.4, -0.2) is 31.1 Å².